The summed E-state index contributed by atoms with van der Waals surface area (Å²) >= 11 is 0. The fourth-order valence-corrected chi connectivity index (χ4v) is 5.81. The van der Waals surface area contributed by atoms with Gasteiger partial charge in [0.15, 0.2) is 0 Å². The molecule has 0 bridgehead atoms. The van der Waals surface area contributed by atoms with E-state index < -0.39 is 10.0 Å². The molecule has 0 aliphatic carbocycles. The van der Waals surface area contributed by atoms with Crippen LogP contribution >= 0.6 is 0 Å². The van der Waals surface area contributed by atoms with E-state index in [4.69, 9.17) is 0 Å². The van der Waals surface area contributed by atoms with E-state index >= 15 is 0 Å². The van der Waals surface area contributed by atoms with Gasteiger partial charge < -0.3 is 14.5 Å². The van der Waals surface area contributed by atoms with E-state index in [1.54, 1.807) is 18.2 Å². The van der Waals surface area contributed by atoms with Gasteiger partial charge >= 0.3 is 0 Å². The van der Waals surface area contributed by atoms with Gasteiger partial charge in [0.25, 0.3) is 0 Å². The van der Waals surface area contributed by atoms with Crippen molar-refractivity contribution in [1.29, 1.82) is 0 Å². The third-order valence-corrected chi connectivity index (χ3v) is 8.31. The number of benzene rings is 2. The van der Waals surface area contributed by atoms with Crippen LogP contribution in [0.3, 0.4) is 0 Å². The zero-order valence-corrected chi connectivity index (χ0v) is 20.9. The molecule has 0 spiro atoms. The van der Waals surface area contributed by atoms with Gasteiger partial charge in [0.05, 0.1) is 15.9 Å². The number of hydrogen-bond acceptors (Lipinski definition) is 4. The summed E-state index contributed by atoms with van der Waals surface area (Å²) in [5.74, 6) is 0.643. The number of amides is 1. The van der Waals surface area contributed by atoms with Gasteiger partial charge in [-0.3, -0.25) is 4.79 Å². The largest absolute Gasteiger partial charge is 0.348 e. The molecule has 0 radical (unpaired) electrons. The fraction of sp³-hybridized carbons (Fsp3) is 0.360. The predicted octanol–water partition coefficient (Wildman–Crippen LogP) is 4.15. The number of nitrogens with zero attached hydrogens (tertiary/aromatic N) is 4. The van der Waals surface area contributed by atoms with Gasteiger partial charge in [0, 0.05) is 62.3 Å². The number of anilines is 1. The lowest BCUT2D eigenvalue weighted by atomic mass is 10.2. The number of fused-ring (bicyclic) bond motifs is 2. The maximum Gasteiger partial charge on any atom is 0.243 e. The molecule has 4 rings (SSSR count). The second-order valence-electron chi connectivity index (χ2n) is 8.25. The molecule has 2 aromatic carbocycles. The summed E-state index contributed by atoms with van der Waals surface area (Å²) in [5.41, 5.74) is 3.35. The Balaban J connectivity index is 1.48. The number of aromatic nitrogens is 3. The highest BCUT2D eigenvalue weighted by molar-refractivity contribution is 7.89. The smallest absolute Gasteiger partial charge is 0.243 e. The van der Waals surface area contributed by atoms with Crippen molar-refractivity contribution in [2.45, 2.75) is 45.1 Å². The number of carbonyl (C=O) groups is 1. The van der Waals surface area contributed by atoms with Gasteiger partial charge in [-0.15, -0.1) is 0 Å². The van der Waals surface area contributed by atoms with Gasteiger partial charge in [-0.1, -0.05) is 13.8 Å². The maximum absolute atomic E-state index is 12.9. The topological polar surface area (TPSA) is 89.2 Å². The number of hydrogen-bond donors (Lipinski definition) is 1. The zero-order chi connectivity index (χ0) is 24.5. The van der Waals surface area contributed by atoms with Gasteiger partial charge in [-0.25, -0.2) is 13.4 Å². The molecule has 0 aliphatic rings. The van der Waals surface area contributed by atoms with E-state index in [1.165, 1.54) is 4.31 Å². The van der Waals surface area contributed by atoms with E-state index in [2.05, 4.69) is 21.8 Å². The molecule has 0 saturated carbocycles. The molecular weight excluding hydrogens is 450 g/mol. The number of aryl methyl sites for hydroxylation is 3. The average Bonchev–Trinajstić information content (AvgIpc) is 3.38. The SMILES string of the molecule is CCN(CC)S(=O)(=O)c1ccc2c(c1)nc(CCC(=O)Nc1ccc3c(ccn3CC)c1)n2C. The fourth-order valence-electron chi connectivity index (χ4n) is 4.33. The minimum absolute atomic E-state index is 0.0915. The number of rotatable bonds is 9. The molecule has 0 fully saturated rings. The predicted molar refractivity (Wildman–Crippen MR) is 135 cm³/mol. The third kappa shape index (κ3) is 4.45. The zero-order valence-electron chi connectivity index (χ0n) is 20.1. The highest BCUT2D eigenvalue weighted by atomic mass is 32.2. The van der Waals surface area contributed by atoms with Crippen LogP contribution in [0.4, 0.5) is 5.69 Å². The Hall–Kier alpha value is -3.17. The summed E-state index contributed by atoms with van der Waals surface area (Å²) in [7, 11) is -1.67. The van der Waals surface area contributed by atoms with Crippen LogP contribution in [0.2, 0.25) is 0 Å². The lowest BCUT2D eigenvalue weighted by Crippen LogP contribution is -2.30. The van der Waals surface area contributed by atoms with Crippen molar-refractivity contribution < 1.29 is 13.2 Å². The molecule has 8 nitrogen and oxygen atoms in total. The Morgan fingerprint density at radius 3 is 2.47 bits per heavy atom. The minimum atomic E-state index is -3.55. The van der Waals surface area contributed by atoms with E-state index in [0.29, 0.717) is 25.0 Å². The van der Waals surface area contributed by atoms with Crippen LogP contribution in [-0.4, -0.2) is 45.8 Å². The maximum atomic E-state index is 12.9. The molecule has 0 saturated heterocycles. The molecule has 2 aromatic heterocycles. The molecular formula is C25H31N5O3S. The first kappa shape index (κ1) is 24.0. The number of nitrogens with one attached hydrogen (secondary N) is 1. The van der Waals surface area contributed by atoms with Crippen LogP contribution in [-0.2, 0) is 34.8 Å². The molecule has 1 N–H and O–H groups in total. The Labute approximate surface area is 200 Å². The third-order valence-electron chi connectivity index (χ3n) is 6.26. The van der Waals surface area contributed by atoms with Crippen molar-refractivity contribution >= 4 is 43.6 Å². The molecule has 0 atom stereocenters. The Bertz CT molecular complexity index is 1450. The van der Waals surface area contributed by atoms with Crippen molar-refractivity contribution in [2.75, 3.05) is 18.4 Å². The van der Waals surface area contributed by atoms with Crippen LogP contribution in [0.1, 0.15) is 33.0 Å². The second kappa shape index (κ2) is 9.60. The van der Waals surface area contributed by atoms with Crippen molar-refractivity contribution in [1.82, 2.24) is 18.4 Å². The number of sulfonamides is 1. The van der Waals surface area contributed by atoms with Crippen molar-refractivity contribution in [3.63, 3.8) is 0 Å². The summed E-state index contributed by atoms with van der Waals surface area (Å²) in [6.07, 6.45) is 2.76. The second-order valence-corrected chi connectivity index (χ2v) is 10.2. The average molecular weight is 482 g/mol. The first-order valence-electron chi connectivity index (χ1n) is 11.6. The normalized spacial score (nSPS) is 12.1. The standard InChI is InChI=1S/C25H31N5O3S/c1-5-29-15-14-18-16-19(8-10-22(18)29)26-25(31)13-12-24-27-21-17-20(9-11-23(21)28(24)4)34(32,33)30(6-2)7-3/h8-11,14-17H,5-7,12-13H2,1-4H3,(H,26,31). The quantitative estimate of drug-likeness (QED) is 0.389. The summed E-state index contributed by atoms with van der Waals surface area (Å²) in [6.45, 7) is 7.47. The van der Waals surface area contributed by atoms with Crippen LogP contribution in [0.25, 0.3) is 21.9 Å². The lowest BCUT2D eigenvalue weighted by molar-refractivity contribution is -0.116. The molecule has 0 aliphatic heterocycles. The summed E-state index contributed by atoms with van der Waals surface area (Å²) in [4.78, 5) is 17.5. The monoisotopic (exact) mass is 481 g/mol. The molecule has 4 aromatic rings. The van der Waals surface area contributed by atoms with Crippen molar-refractivity contribution in [3.05, 3.63) is 54.5 Å². The summed E-state index contributed by atoms with van der Waals surface area (Å²) in [5, 5.41) is 4.06. The Morgan fingerprint density at radius 2 is 1.76 bits per heavy atom. The van der Waals surface area contributed by atoms with Gasteiger partial charge in [0.2, 0.25) is 15.9 Å². The Kier molecular flexibility index (Phi) is 6.77. The van der Waals surface area contributed by atoms with Crippen molar-refractivity contribution in [2.24, 2.45) is 7.05 Å². The van der Waals surface area contributed by atoms with Gasteiger partial charge in [-0.05, 0) is 49.4 Å². The molecule has 9 heteroatoms. The highest BCUT2D eigenvalue weighted by Gasteiger charge is 2.22. The van der Waals surface area contributed by atoms with E-state index in [0.717, 1.165) is 34.5 Å². The van der Waals surface area contributed by atoms with E-state index in [-0.39, 0.29) is 17.2 Å². The van der Waals surface area contributed by atoms with Crippen LogP contribution < -0.4 is 5.32 Å². The van der Waals surface area contributed by atoms with E-state index in [1.807, 2.05) is 55.9 Å². The lowest BCUT2D eigenvalue weighted by Gasteiger charge is -2.18. The number of carbonyl (C=O) groups excluding carboxylic acids is 1. The summed E-state index contributed by atoms with van der Waals surface area (Å²) in [6, 6.07) is 13.0. The first-order valence-corrected chi connectivity index (χ1v) is 13.1. The van der Waals surface area contributed by atoms with Crippen LogP contribution in [0, 0.1) is 0 Å². The van der Waals surface area contributed by atoms with Crippen LogP contribution in [0.5, 0.6) is 0 Å². The molecule has 2 heterocycles. The molecule has 34 heavy (non-hydrogen) atoms. The molecule has 0 unspecified atom stereocenters. The first-order chi connectivity index (χ1) is 16.3. The highest BCUT2D eigenvalue weighted by Crippen LogP contribution is 2.24. The van der Waals surface area contributed by atoms with E-state index in [9.17, 15) is 13.2 Å². The summed E-state index contributed by atoms with van der Waals surface area (Å²) < 4.78 is 31.2. The Morgan fingerprint density at radius 1 is 1.03 bits per heavy atom. The van der Waals surface area contributed by atoms with Crippen LogP contribution in [0.15, 0.2) is 53.6 Å². The molecule has 180 valence electrons. The molecule has 1 amide bonds. The van der Waals surface area contributed by atoms with Gasteiger partial charge in [0.1, 0.15) is 5.82 Å². The van der Waals surface area contributed by atoms with Gasteiger partial charge in [-0.2, -0.15) is 4.31 Å². The minimum Gasteiger partial charge on any atom is -0.348 e. The van der Waals surface area contributed by atoms with Crippen molar-refractivity contribution in [3.8, 4) is 0 Å². The number of imidazole rings is 1.